The number of halogens is 1. The second-order valence-corrected chi connectivity index (χ2v) is 8.11. The molecule has 0 fully saturated rings. The van der Waals surface area contributed by atoms with Gasteiger partial charge in [0.05, 0.1) is 17.4 Å². The van der Waals surface area contributed by atoms with E-state index in [1.165, 1.54) is 0 Å². The van der Waals surface area contributed by atoms with Gasteiger partial charge in [-0.1, -0.05) is 35.4 Å². The summed E-state index contributed by atoms with van der Waals surface area (Å²) < 4.78 is 1.68. The minimum absolute atomic E-state index is 0.133. The first-order chi connectivity index (χ1) is 14.8. The predicted molar refractivity (Wildman–Crippen MR) is 125 cm³/mol. The van der Waals surface area contributed by atoms with Gasteiger partial charge in [0.15, 0.2) is 0 Å². The van der Waals surface area contributed by atoms with E-state index in [1.54, 1.807) is 47.0 Å². The van der Waals surface area contributed by atoms with Crippen molar-refractivity contribution in [2.24, 2.45) is 0 Å². The largest absolute Gasteiger partial charge is 0.322 e. The number of fused-ring (bicyclic) bond motifs is 1. The van der Waals surface area contributed by atoms with E-state index in [-0.39, 0.29) is 11.5 Å². The molecular formula is C25H22ClN3O2. The van der Waals surface area contributed by atoms with Crippen LogP contribution in [0.4, 0.5) is 5.69 Å². The molecule has 0 radical (unpaired) electrons. The molecule has 6 heteroatoms. The Morgan fingerprint density at radius 1 is 1.00 bits per heavy atom. The quantitative estimate of drug-likeness (QED) is 0.478. The Morgan fingerprint density at radius 3 is 2.48 bits per heavy atom. The number of nitrogens with zero attached hydrogens (tertiary/aromatic N) is 2. The number of carbonyl (C=O) groups excluding carboxylic acids is 1. The van der Waals surface area contributed by atoms with Crippen LogP contribution in [-0.4, -0.2) is 15.5 Å². The van der Waals surface area contributed by atoms with Gasteiger partial charge in [-0.25, -0.2) is 4.98 Å². The molecule has 0 aliphatic carbocycles. The summed E-state index contributed by atoms with van der Waals surface area (Å²) in [7, 11) is 0. The van der Waals surface area contributed by atoms with E-state index in [0.717, 1.165) is 16.7 Å². The van der Waals surface area contributed by atoms with Gasteiger partial charge >= 0.3 is 0 Å². The van der Waals surface area contributed by atoms with Crippen LogP contribution in [0.3, 0.4) is 0 Å². The number of aryl methyl sites for hydroxylation is 3. The van der Waals surface area contributed by atoms with Crippen LogP contribution in [0.2, 0.25) is 5.02 Å². The second kappa shape index (κ2) is 8.36. The number of anilines is 1. The van der Waals surface area contributed by atoms with Gasteiger partial charge < -0.3 is 5.32 Å². The summed E-state index contributed by atoms with van der Waals surface area (Å²) in [4.78, 5) is 30.4. The van der Waals surface area contributed by atoms with Crippen molar-refractivity contribution in [3.63, 3.8) is 0 Å². The Hall–Kier alpha value is -3.44. The van der Waals surface area contributed by atoms with Crippen molar-refractivity contribution >= 4 is 34.1 Å². The molecule has 0 aliphatic rings. The third-order valence-corrected chi connectivity index (χ3v) is 5.59. The highest BCUT2D eigenvalue weighted by atomic mass is 35.5. The maximum atomic E-state index is 13.3. The number of hydrogen-bond acceptors (Lipinski definition) is 3. The molecule has 4 aromatic rings. The first-order valence-electron chi connectivity index (χ1n) is 9.96. The zero-order valence-corrected chi connectivity index (χ0v) is 18.3. The fraction of sp³-hybridized carbons (Fsp3) is 0.160. The monoisotopic (exact) mass is 431 g/mol. The van der Waals surface area contributed by atoms with Crippen molar-refractivity contribution in [1.29, 1.82) is 0 Å². The van der Waals surface area contributed by atoms with E-state index in [1.807, 2.05) is 20.8 Å². The molecular weight excluding hydrogens is 410 g/mol. The standard InChI is InChI=1S/C25H22ClN3O2/c1-15-4-5-16(2)19(12-15)14-29-17(3)27-23-11-10-21(13-22(23)25(29)31)28-24(30)18-6-8-20(26)9-7-18/h4-13H,14H2,1-3H3,(H,28,30). The molecule has 1 heterocycles. The lowest BCUT2D eigenvalue weighted by molar-refractivity contribution is 0.102. The van der Waals surface area contributed by atoms with Crippen LogP contribution >= 0.6 is 11.6 Å². The van der Waals surface area contributed by atoms with Gasteiger partial charge in [0.2, 0.25) is 0 Å². The van der Waals surface area contributed by atoms with Gasteiger partial charge in [0.1, 0.15) is 5.82 Å². The Balaban J connectivity index is 1.70. The molecule has 0 aliphatic heterocycles. The summed E-state index contributed by atoms with van der Waals surface area (Å²) in [5, 5.41) is 3.87. The van der Waals surface area contributed by atoms with Crippen molar-refractivity contribution in [2.45, 2.75) is 27.3 Å². The predicted octanol–water partition coefficient (Wildman–Crippen LogP) is 5.28. The molecule has 0 unspecified atom stereocenters. The molecule has 1 N–H and O–H groups in total. The fourth-order valence-electron chi connectivity index (χ4n) is 3.54. The van der Waals surface area contributed by atoms with Gasteiger partial charge in [0, 0.05) is 16.3 Å². The van der Waals surface area contributed by atoms with Crippen molar-refractivity contribution in [3.05, 3.63) is 104 Å². The molecule has 1 amide bonds. The van der Waals surface area contributed by atoms with Crippen LogP contribution in [-0.2, 0) is 6.54 Å². The summed E-state index contributed by atoms with van der Waals surface area (Å²) in [6.07, 6.45) is 0. The number of aromatic nitrogens is 2. The van der Waals surface area contributed by atoms with Crippen LogP contribution in [0.25, 0.3) is 10.9 Å². The first-order valence-corrected chi connectivity index (χ1v) is 10.3. The van der Waals surface area contributed by atoms with E-state index in [9.17, 15) is 9.59 Å². The summed E-state index contributed by atoms with van der Waals surface area (Å²) >= 11 is 5.89. The van der Waals surface area contributed by atoms with Crippen molar-refractivity contribution in [1.82, 2.24) is 9.55 Å². The van der Waals surface area contributed by atoms with Gasteiger partial charge in [-0.15, -0.1) is 0 Å². The maximum Gasteiger partial charge on any atom is 0.261 e. The number of amides is 1. The highest BCUT2D eigenvalue weighted by Crippen LogP contribution is 2.18. The van der Waals surface area contributed by atoms with Crippen molar-refractivity contribution in [3.8, 4) is 0 Å². The number of nitrogens with one attached hydrogen (secondary N) is 1. The molecule has 1 aromatic heterocycles. The van der Waals surface area contributed by atoms with Crippen LogP contribution in [0.1, 0.15) is 32.9 Å². The molecule has 31 heavy (non-hydrogen) atoms. The lowest BCUT2D eigenvalue weighted by Gasteiger charge is -2.14. The third-order valence-electron chi connectivity index (χ3n) is 5.34. The second-order valence-electron chi connectivity index (χ2n) is 7.67. The maximum absolute atomic E-state index is 13.3. The zero-order chi connectivity index (χ0) is 22.1. The average Bonchev–Trinajstić information content (AvgIpc) is 2.74. The third kappa shape index (κ3) is 4.37. The number of carbonyl (C=O) groups is 1. The fourth-order valence-corrected chi connectivity index (χ4v) is 3.67. The Kier molecular flexibility index (Phi) is 5.61. The van der Waals surface area contributed by atoms with E-state index in [0.29, 0.717) is 39.5 Å². The Bertz CT molecular complexity index is 1360. The molecule has 0 saturated heterocycles. The van der Waals surface area contributed by atoms with Crippen LogP contribution < -0.4 is 10.9 Å². The molecule has 5 nitrogen and oxygen atoms in total. The average molecular weight is 432 g/mol. The highest BCUT2D eigenvalue weighted by molar-refractivity contribution is 6.30. The number of rotatable bonds is 4. The van der Waals surface area contributed by atoms with E-state index in [2.05, 4.69) is 28.5 Å². The van der Waals surface area contributed by atoms with Gasteiger partial charge in [-0.3, -0.25) is 14.2 Å². The first kappa shape index (κ1) is 20.8. The number of benzene rings is 3. The number of hydrogen-bond donors (Lipinski definition) is 1. The van der Waals surface area contributed by atoms with Crippen LogP contribution in [0, 0.1) is 20.8 Å². The molecule has 3 aromatic carbocycles. The van der Waals surface area contributed by atoms with E-state index >= 15 is 0 Å². The topological polar surface area (TPSA) is 64.0 Å². The van der Waals surface area contributed by atoms with E-state index < -0.39 is 0 Å². The Labute approximate surface area is 185 Å². The summed E-state index contributed by atoms with van der Waals surface area (Å²) in [6.45, 7) is 6.35. The zero-order valence-electron chi connectivity index (χ0n) is 17.6. The molecule has 0 bridgehead atoms. The summed E-state index contributed by atoms with van der Waals surface area (Å²) in [6, 6.07) is 18.0. The van der Waals surface area contributed by atoms with Crippen molar-refractivity contribution in [2.75, 3.05) is 5.32 Å². The van der Waals surface area contributed by atoms with Gasteiger partial charge in [-0.2, -0.15) is 0 Å². The van der Waals surface area contributed by atoms with Crippen LogP contribution in [0.5, 0.6) is 0 Å². The normalized spacial score (nSPS) is 11.0. The SMILES string of the molecule is Cc1ccc(C)c(Cn2c(C)nc3ccc(NC(=O)c4ccc(Cl)cc4)cc3c2=O)c1. The van der Waals surface area contributed by atoms with E-state index in [4.69, 9.17) is 11.6 Å². The molecule has 4 rings (SSSR count). The van der Waals surface area contributed by atoms with Gasteiger partial charge in [0.25, 0.3) is 11.5 Å². The lowest BCUT2D eigenvalue weighted by Crippen LogP contribution is -2.25. The highest BCUT2D eigenvalue weighted by Gasteiger charge is 2.12. The smallest absolute Gasteiger partial charge is 0.261 e. The molecule has 0 saturated carbocycles. The Morgan fingerprint density at radius 2 is 1.74 bits per heavy atom. The minimum Gasteiger partial charge on any atom is -0.322 e. The van der Waals surface area contributed by atoms with Crippen molar-refractivity contribution < 1.29 is 4.79 Å². The minimum atomic E-state index is -0.271. The lowest BCUT2D eigenvalue weighted by atomic mass is 10.1. The molecule has 0 spiro atoms. The molecule has 156 valence electrons. The molecule has 0 atom stereocenters. The summed E-state index contributed by atoms with van der Waals surface area (Å²) in [5.41, 5.74) is 4.84. The van der Waals surface area contributed by atoms with Crippen LogP contribution in [0.15, 0.2) is 65.5 Å². The van der Waals surface area contributed by atoms with Gasteiger partial charge in [-0.05, 0) is 74.4 Å². The summed E-state index contributed by atoms with van der Waals surface area (Å²) in [5.74, 6) is 0.378.